The topological polar surface area (TPSA) is 65.7 Å². The molecule has 0 aromatic rings. The van der Waals surface area contributed by atoms with E-state index in [1.807, 2.05) is 0 Å². The molecule has 4 aliphatic carbocycles. The van der Waals surface area contributed by atoms with Crippen LogP contribution in [0.25, 0.3) is 0 Å². The zero-order valence-electron chi connectivity index (χ0n) is 17.7. The molecule has 156 valence electrons. The summed E-state index contributed by atoms with van der Waals surface area (Å²) in [6.07, 6.45) is 31.8. The van der Waals surface area contributed by atoms with Crippen LogP contribution in [-0.4, -0.2) is 12.3 Å². The maximum Gasteiger partial charge on any atom is 0.142 e. The van der Waals surface area contributed by atoms with E-state index >= 15 is 0 Å². The fraction of sp³-hybridized carbons (Fsp3) is 0.538. The highest BCUT2D eigenvalue weighted by molar-refractivity contribution is 5.33. The zero-order valence-corrected chi connectivity index (χ0v) is 17.7. The third-order valence-electron chi connectivity index (χ3n) is 7.25. The van der Waals surface area contributed by atoms with E-state index in [-0.39, 0.29) is 12.3 Å². The normalized spacial score (nSPS) is 31.7. The number of hydrogen-bond donors (Lipinski definition) is 3. The summed E-state index contributed by atoms with van der Waals surface area (Å²) < 4.78 is 0. The zero-order chi connectivity index (χ0) is 20.1. The smallest absolute Gasteiger partial charge is 0.142 e. The van der Waals surface area contributed by atoms with Gasteiger partial charge in [-0.3, -0.25) is 0 Å². The Morgan fingerprint density at radius 1 is 0.966 bits per heavy atom. The number of rotatable bonds is 6. The van der Waals surface area contributed by atoms with Crippen molar-refractivity contribution in [1.82, 2.24) is 5.32 Å². The molecule has 0 aromatic carbocycles. The van der Waals surface area contributed by atoms with Gasteiger partial charge >= 0.3 is 0 Å². The minimum absolute atomic E-state index is 0.121. The summed E-state index contributed by atoms with van der Waals surface area (Å²) in [6.45, 7) is 0. The highest BCUT2D eigenvalue weighted by Gasteiger charge is 2.28. The fourth-order valence-electron chi connectivity index (χ4n) is 5.28. The molecule has 3 nitrogen and oxygen atoms in total. The molecule has 0 fully saturated rings. The van der Waals surface area contributed by atoms with Crippen LogP contribution in [0.1, 0.15) is 57.8 Å². The van der Waals surface area contributed by atoms with Crippen molar-refractivity contribution in [3.05, 3.63) is 71.4 Å². The Balaban J connectivity index is 1.26. The van der Waals surface area contributed by atoms with Gasteiger partial charge in [0, 0.05) is 11.8 Å². The molecular formula is C26H38N3+. The number of nitrogens with two attached hydrogens (primary N) is 1. The Morgan fingerprint density at radius 3 is 2.55 bits per heavy atom. The van der Waals surface area contributed by atoms with E-state index in [9.17, 15) is 0 Å². The Bertz CT molecular complexity index is 752. The summed E-state index contributed by atoms with van der Waals surface area (Å²) in [7, 11) is 0. The van der Waals surface area contributed by atoms with E-state index < -0.39 is 0 Å². The molecule has 6 N–H and O–H groups in total. The number of nitrogens with one attached hydrogen (secondary N) is 1. The number of allylic oxidation sites excluding steroid dienone is 10. The summed E-state index contributed by atoms with van der Waals surface area (Å²) in [5, 5.41) is 3.59. The molecule has 0 heterocycles. The highest BCUT2D eigenvalue weighted by atomic mass is 15.1. The monoisotopic (exact) mass is 392 g/mol. The lowest BCUT2D eigenvalue weighted by molar-refractivity contribution is -0.444. The summed E-state index contributed by atoms with van der Waals surface area (Å²) in [4.78, 5) is 0. The molecule has 29 heavy (non-hydrogen) atoms. The van der Waals surface area contributed by atoms with Gasteiger partial charge in [0.2, 0.25) is 0 Å². The predicted octanol–water partition coefficient (Wildman–Crippen LogP) is 4.29. The van der Waals surface area contributed by atoms with Gasteiger partial charge in [0.1, 0.15) is 6.17 Å². The van der Waals surface area contributed by atoms with E-state index in [1.54, 1.807) is 11.1 Å². The third-order valence-corrected chi connectivity index (χ3v) is 7.25. The van der Waals surface area contributed by atoms with Crippen molar-refractivity contribution in [3.8, 4) is 0 Å². The van der Waals surface area contributed by atoms with Gasteiger partial charge < -0.3 is 11.5 Å². The molecule has 0 spiro atoms. The average molecular weight is 393 g/mol. The van der Waals surface area contributed by atoms with Crippen molar-refractivity contribution in [2.24, 2.45) is 23.5 Å². The van der Waals surface area contributed by atoms with Gasteiger partial charge in [-0.2, -0.15) is 0 Å². The molecule has 0 amide bonds. The molecule has 0 saturated carbocycles. The van der Waals surface area contributed by atoms with Gasteiger partial charge in [-0.05, 0) is 69.3 Å². The van der Waals surface area contributed by atoms with Crippen LogP contribution in [0, 0.1) is 17.8 Å². The lowest BCUT2D eigenvalue weighted by Gasteiger charge is -2.31. The lowest BCUT2D eigenvalue weighted by Crippen LogP contribution is -2.73. The predicted molar refractivity (Wildman–Crippen MR) is 121 cm³/mol. The van der Waals surface area contributed by atoms with Crippen LogP contribution in [0.5, 0.6) is 0 Å². The molecule has 4 aliphatic rings. The third kappa shape index (κ3) is 5.28. The van der Waals surface area contributed by atoms with Gasteiger partial charge in [0.25, 0.3) is 0 Å². The van der Waals surface area contributed by atoms with Crippen LogP contribution in [0.2, 0.25) is 0 Å². The molecule has 0 saturated heterocycles. The first-order valence-electron chi connectivity index (χ1n) is 11.6. The second-order valence-electron chi connectivity index (χ2n) is 9.16. The van der Waals surface area contributed by atoms with Gasteiger partial charge in [0.05, 0.1) is 6.17 Å². The van der Waals surface area contributed by atoms with Crippen molar-refractivity contribution < 1.29 is 5.73 Å². The van der Waals surface area contributed by atoms with Crippen LogP contribution < -0.4 is 16.8 Å². The van der Waals surface area contributed by atoms with E-state index in [4.69, 9.17) is 5.73 Å². The van der Waals surface area contributed by atoms with E-state index in [0.717, 1.165) is 18.8 Å². The van der Waals surface area contributed by atoms with Crippen molar-refractivity contribution in [2.75, 3.05) is 0 Å². The Labute approximate surface area is 176 Å². The number of quaternary nitrogens is 1. The van der Waals surface area contributed by atoms with Crippen molar-refractivity contribution >= 4 is 0 Å². The molecular weight excluding hydrogens is 354 g/mol. The molecule has 5 unspecified atom stereocenters. The van der Waals surface area contributed by atoms with Crippen LogP contribution in [0.15, 0.2) is 71.4 Å². The van der Waals surface area contributed by atoms with Crippen LogP contribution in [-0.2, 0) is 0 Å². The van der Waals surface area contributed by atoms with Gasteiger partial charge in [-0.1, -0.05) is 65.8 Å². The SMILES string of the molecule is NC(NC([NH3+])C1CC=C(C2CC=CCC2)CC1)C1=CCC(C2=CC=CCC2)C=C1. The first-order valence-corrected chi connectivity index (χ1v) is 11.6. The quantitative estimate of drug-likeness (QED) is 0.466. The Kier molecular flexibility index (Phi) is 7.02. The maximum atomic E-state index is 6.50. The first kappa shape index (κ1) is 20.6. The van der Waals surface area contributed by atoms with Gasteiger partial charge in [0.15, 0.2) is 0 Å². The molecule has 5 atom stereocenters. The maximum absolute atomic E-state index is 6.50. The van der Waals surface area contributed by atoms with Crippen LogP contribution >= 0.6 is 0 Å². The molecule has 0 aliphatic heterocycles. The molecule has 3 heteroatoms. The molecule has 0 radical (unpaired) electrons. The second-order valence-corrected chi connectivity index (χ2v) is 9.16. The molecule has 4 rings (SSSR count). The van der Waals surface area contributed by atoms with E-state index in [1.165, 1.54) is 50.5 Å². The average Bonchev–Trinajstić information content (AvgIpc) is 2.80. The van der Waals surface area contributed by atoms with E-state index in [2.05, 4.69) is 65.7 Å². The standard InChI is InChI=1S/C26H37N3/c27-25(23-15-11-21(12-16-23)19-7-3-1-4-8-19)29-26(28)24-17-13-22(14-18-24)20-9-5-2-6-10-20/h1-3,5,7,11,13,15-16,20-21,24-26,29H,4,6,8-10,12,14,17-18,27-28H2/p+1. The summed E-state index contributed by atoms with van der Waals surface area (Å²) in [5.41, 5.74) is 15.4. The first-order chi connectivity index (χ1) is 14.2. The summed E-state index contributed by atoms with van der Waals surface area (Å²) >= 11 is 0. The van der Waals surface area contributed by atoms with Gasteiger partial charge in [-0.25, -0.2) is 5.32 Å². The Morgan fingerprint density at radius 2 is 1.90 bits per heavy atom. The van der Waals surface area contributed by atoms with Crippen LogP contribution in [0.4, 0.5) is 0 Å². The molecule has 0 aromatic heterocycles. The lowest BCUT2D eigenvalue weighted by atomic mass is 9.78. The summed E-state index contributed by atoms with van der Waals surface area (Å²) in [6, 6.07) is 0. The second kappa shape index (κ2) is 9.88. The minimum Gasteiger partial charge on any atom is -0.342 e. The van der Waals surface area contributed by atoms with Crippen molar-refractivity contribution in [2.45, 2.75) is 70.1 Å². The minimum atomic E-state index is -0.121. The fourth-order valence-corrected chi connectivity index (χ4v) is 5.28. The van der Waals surface area contributed by atoms with Crippen LogP contribution in [0.3, 0.4) is 0 Å². The van der Waals surface area contributed by atoms with E-state index in [0.29, 0.717) is 11.8 Å². The van der Waals surface area contributed by atoms with Gasteiger partial charge in [-0.15, -0.1) is 0 Å². The largest absolute Gasteiger partial charge is 0.342 e. The number of hydrogen-bond acceptors (Lipinski definition) is 2. The van der Waals surface area contributed by atoms with Crippen molar-refractivity contribution in [3.63, 3.8) is 0 Å². The molecule has 0 bridgehead atoms. The Hall–Kier alpha value is -1.68. The highest BCUT2D eigenvalue weighted by Crippen LogP contribution is 2.35. The summed E-state index contributed by atoms with van der Waals surface area (Å²) in [5.74, 6) is 1.92. The van der Waals surface area contributed by atoms with Crippen molar-refractivity contribution in [1.29, 1.82) is 0 Å².